The molecular formula is C7H10N2S. The molecule has 0 atom stereocenters. The van der Waals surface area contributed by atoms with Crippen LogP contribution in [0.1, 0.15) is 11.4 Å². The Morgan fingerprint density at radius 3 is 2.40 bits per heavy atom. The van der Waals surface area contributed by atoms with Crippen LogP contribution in [-0.2, 0) is 7.05 Å². The highest BCUT2D eigenvalue weighted by atomic mass is 32.1. The first-order valence-electron chi connectivity index (χ1n) is 3.05. The van der Waals surface area contributed by atoms with Crippen molar-refractivity contribution in [1.29, 1.82) is 0 Å². The Labute approximate surface area is 65.6 Å². The first-order valence-corrected chi connectivity index (χ1v) is 3.46. The van der Waals surface area contributed by atoms with E-state index in [0.717, 1.165) is 5.69 Å². The molecule has 0 aliphatic rings. The molecule has 54 valence electrons. The van der Waals surface area contributed by atoms with Crippen LogP contribution >= 0.6 is 12.2 Å². The van der Waals surface area contributed by atoms with Crippen molar-refractivity contribution in [2.45, 2.75) is 6.92 Å². The fourth-order valence-electron chi connectivity index (χ4n) is 0.861. The van der Waals surface area contributed by atoms with Crippen molar-refractivity contribution in [2.75, 3.05) is 0 Å². The predicted molar refractivity (Wildman–Crippen MR) is 46.0 cm³/mol. The van der Waals surface area contributed by atoms with Crippen LogP contribution in [0.25, 0.3) is 0 Å². The van der Waals surface area contributed by atoms with Gasteiger partial charge >= 0.3 is 0 Å². The summed E-state index contributed by atoms with van der Waals surface area (Å²) < 4.78 is 1.97. The Morgan fingerprint density at radius 1 is 1.60 bits per heavy atom. The monoisotopic (exact) mass is 154 g/mol. The van der Waals surface area contributed by atoms with Crippen molar-refractivity contribution in [3.63, 3.8) is 0 Å². The number of thiocarbonyl (C=S) groups is 1. The Kier molecular flexibility index (Phi) is 1.76. The van der Waals surface area contributed by atoms with Crippen molar-refractivity contribution in [1.82, 2.24) is 4.57 Å². The molecule has 0 radical (unpaired) electrons. The van der Waals surface area contributed by atoms with E-state index in [4.69, 9.17) is 18.0 Å². The van der Waals surface area contributed by atoms with Crippen LogP contribution < -0.4 is 5.73 Å². The van der Waals surface area contributed by atoms with Gasteiger partial charge in [-0.25, -0.2) is 0 Å². The predicted octanol–water partition coefficient (Wildman–Crippen LogP) is 0.968. The second-order valence-electron chi connectivity index (χ2n) is 2.28. The fraction of sp³-hybridized carbons (Fsp3) is 0.286. The van der Waals surface area contributed by atoms with E-state index in [9.17, 15) is 0 Å². The third kappa shape index (κ3) is 1.04. The number of nitrogens with two attached hydrogens (primary N) is 1. The second kappa shape index (κ2) is 2.42. The molecule has 1 rings (SSSR count). The molecule has 2 nitrogen and oxygen atoms in total. The maximum atomic E-state index is 5.44. The number of rotatable bonds is 1. The highest BCUT2D eigenvalue weighted by molar-refractivity contribution is 7.80. The second-order valence-corrected chi connectivity index (χ2v) is 2.72. The van der Waals surface area contributed by atoms with Gasteiger partial charge in [-0.1, -0.05) is 12.2 Å². The third-order valence-electron chi connectivity index (χ3n) is 1.63. The zero-order valence-electron chi connectivity index (χ0n) is 6.09. The molecule has 0 spiro atoms. The van der Waals surface area contributed by atoms with Crippen LogP contribution in [0.15, 0.2) is 12.1 Å². The SMILES string of the molecule is Cc1ccc(C(N)=S)n1C. The summed E-state index contributed by atoms with van der Waals surface area (Å²) in [5, 5.41) is 0. The minimum absolute atomic E-state index is 0.454. The minimum atomic E-state index is 0.454. The van der Waals surface area contributed by atoms with E-state index in [-0.39, 0.29) is 0 Å². The summed E-state index contributed by atoms with van der Waals surface area (Å²) in [5.74, 6) is 0. The Morgan fingerprint density at radius 2 is 2.20 bits per heavy atom. The number of hydrogen-bond donors (Lipinski definition) is 1. The normalized spacial score (nSPS) is 9.80. The van der Waals surface area contributed by atoms with E-state index < -0.39 is 0 Å². The molecule has 0 amide bonds. The van der Waals surface area contributed by atoms with Gasteiger partial charge in [0.25, 0.3) is 0 Å². The van der Waals surface area contributed by atoms with Gasteiger partial charge in [0.15, 0.2) is 0 Å². The molecule has 0 aromatic carbocycles. The summed E-state index contributed by atoms with van der Waals surface area (Å²) >= 11 is 4.82. The topological polar surface area (TPSA) is 30.9 Å². The largest absolute Gasteiger partial charge is 0.388 e. The number of aromatic nitrogens is 1. The third-order valence-corrected chi connectivity index (χ3v) is 1.83. The molecule has 0 aliphatic heterocycles. The highest BCUT2D eigenvalue weighted by Crippen LogP contribution is 2.04. The highest BCUT2D eigenvalue weighted by Gasteiger charge is 2.01. The standard InChI is InChI=1S/C7H10N2S/c1-5-3-4-6(7(8)10)9(5)2/h3-4H,1-2H3,(H2,8,10). The molecule has 2 N–H and O–H groups in total. The van der Waals surface area contributed by atoms with Gasteiger partial charge < -0.3 is 10.3 Å². The molecule has 0 fully saturated rings. The smallest absolute Gasteiger partial charge is 0.120 e. The summed E-state index contributed by atoms with van der Waals surface area (Å²) in [4.78, 5) is 0.454. The van der Waals surface area contributed by atoms with Crippen molar-refractivity contribution < 1.29 is 0 Å². The van der Waals surface area contributed by atoms with Gasteiger partial charge in [0.1, 0.15) is 4.99 Å². The lowest BCUT2D eigenvalue weighted by Gasteiger charge is -2.01. The molecular weight excluding hydrogens is 144 g/mol. The number of nitrogens with zero attached hydrogens (tertiary/aromatic N) is 1. The lowest BCUT2D eigenvalue weighted by molar-refractivity contribution is 0.872. The van der Waals surface area contributed by atoms with Crippen LogP contribution in [-0.4, -0.2) is 9.56 Å². The van der Waals surface area contributed by atoms with Gasteiger partial charge in [-0.05, 0) is 19.1 Å². The lowest BCUT2D eigenvalue weighted by atomic mass is 10.4. The van der Waals surface area contributed by atoms with E-state index in [0.29, 0.717) is 4.99 Å². The summed E-state index contributed by atoms with van der Waals surface area (Å²) in [6.07, 6.45) is 0. The molecule has 0 unspecified atom stereocenters. The summed E-state index contributed by atoms with van der Waals surface area (Å²) in [7, 11) is 1.95. The van der Waals surface area contributed by atoms with Crippen molar-refractivity contribution in [3.8, 4) is 0 Å². The molecule has 0 bridgehead atoms. The summed E-state index contributed by atoms with van der Waals surface area (Å²) in [6.45, 7) is 2.02. The fourth-order valence-corrected chi connectivity index (χ4v) is 1.07. The van der Waals surface area contributed by atoms with Gasteiger partial charge in [-0.3, -0.25) is 0 Å². The lowest BCUT2D eigenvalue weighted by Crippen LogP contribution is -2.14. The van der Waals surface area contributed by atoms with E-state index in [1.807, 2.05) is 30.7 Å². The Balaban J connectivity index is 3.17. The van der Waals surface area contributed by atoms with E-state index in [2.05, 4.69) is 0 Å². The molecule has 0 saturated heterocycles. The van der Waals surface area contributed by atoms with Crippen molar-refractivity contribution >= 4 is 17.2 Å². The van der Waals surface area contributed by atoms with Crippen molar-refractivity contribution in [3.05, 3.63) is 23.5 Å². The average Bonchev–Trinajstić information content (AvgIpc) is 2.14. The van der Waals surface area contributed by atoms with Crippen LogP contribution in [0.4, 0.5) is 0 Å². The zero-order chi connectivity index (χ0) is 7.72. The van der Waals surface area contributed by atoms with Crippen LogP contribution in [0.3, 0.4) is 0 Å². The maximum Gasteiger partial charge on any atom is 0.120 e. The number of aryl methyl sites for hydroxylation is 1. The van der Waals surface area contributed by atoms with Crippen LogP contribution in [0.5, 0.6) is 0 Å². The van der Waals surface area contributed by atoms with E-state index in [1.54, 1.807) is 0 Å². The first-order chi connectivity index (χ1) is 4.63. The summed E-state index contributed by atoms with van der Waals surface area (Å²) in [6, 6.07) is 3.92. The quantitative estimate of drug-likeness (QED) is 0.611. The molecule has 0 saturated carbocycles. The van der Waals surface area contributed by atoms with E-state index in [1.165, 1.54) is 5.69 Å². The Hall–Kier alpha value is -0.830. The van der Waals surface area contributed by atoms with Gasteiger partial charge in [-0.15, -0.1) is 0 Å². The number of hydrogen-bond acceptors (Lipinski definition) is 1. The zero-order valence-corrected chi connectivity index (χ0v) is 6.90. The van der Waals surface area contributed by atoms with Crippen LogP contribution in [0.2, 0.25) is 0 Å². The van der Waals surface area contributed by atoms with Gasteiger partial charge in [0.05, 0.1) is 5.69 Å². The average molecular weight is 154 g/mol. The summed E-state index contributed by atoms with van der Waals surface area (Å²) in [5.41, 5.74) is 7.53. The molecule has 3 heteroatoms. The Bertz CT molecular complexity index is 263. The van der Waals surface area contributed by atoms with Gasteiger partial charge in [0, 0.05) is 12.7 Å². The minimum Gasteiger partial charge on any atom is -0.388 e. The molecule has 1 aromatic rings. The van der Waals surface area contributed by atoms with Crippen LogP contribution in [0, 0.1) is 6.92 Å². The van der Waals surface area contributed by atoms with Crippen molar-refractivity contribution in [2.24, 2.45) is 12.8 Å². The first kappa shape index (κ1) is 7.28. The molecule has 0 aliphatic carbocycles. The molecule has 1 aromatic heterocycles. The van der Waals surface area contributed by atoms with Gasteiger partial charge in [-0.2, -0.15) is 0 Å². The maximum absolute atomic E-state index is 5.44. The molecule has 1 heterocycles. The molecule has 10 heavy (non-hydrogen) atoms. The van der Waals surface area contributed by atoms with E-state index >= 15 is 0 Å². The van der Waals surface area contributed by atoms with Gasteiger partial charge in [0.2, 0.25) is 0 Å².